The van der Waals surface area contributed by atoms with Crippen LogP contribution in [0.5, 0.6) is 5.75 Å². The van der Waals surface area contributed by atoms with Gasteiger partial charge in [0.15, 0.2) is 0 Å². The van der Waals surface area contributed by atoms with Crippen LogP contribution < -0.4 is 10.4 Å². The van der Waals surface area contributed by atoms with Gasteiger partial charge in [-0.25, -0.2) is 9.59 Å². The van der Waals surface area contributed by atoms with Gasteiger partial charge in [0.1, 0.15) is 12.0 Å². The van der Waals surface area contributed by atoms with Crippen LogP contribution in [-0.2, 0) is 0 Å². The molecule has 0 amide bonds. The molecule has 1 aromatic heterocycles. The first-order valence-corrected chi connectivity index (χ1v) is 5.44. The van der Waals surface area contributed by atoms with Gasteiger partial charge in [0.25, 0.3) is 0 Å². The van der Waals surface area contributed by atoms with Gasteiger partial charge in [-0.3, -0.25) is 0 Å². The second kappa shape index (κ2) is 4.87. The Balaban J connectivity index is 2.23. The van der Waals surface area contributed by atoms with Gasteiger partial charge >= 0.3 is 11.6 Å². The van der Waals surface area contributed by atoms with Crippen LogP contribution in [0.3, 0.4) is 0 Å². The molecule has 4 heteroatoms. The first kappa shape index (κ1) is 12.1. The van der Waals surface area contributed by atoms with E-state index in [0.717, 1.165) is 17.4 Å². The highest BCUT2D eigenvalue weighted by atomic mass is 16.5. The van der Waals surface area contributed by atoms with Crippen LogP contribution in [0, 0.1) is 13.8 Å². The summed E-state index contributed by atoms with van der Waals surface area (Å²) in [4.78, 5) is 22.6. The number of aryl methyl sites for hydroxylation is 2. The lowest BCUT2D eigenvalue weighted by atomic mass is 10.1. The van der Waals surface area contributed by atoms with E-state index in [1.165, 1.54) is 12.1 Å². The van der Waals surface area contributed by atoms with Crippen LogP contribution in [0.25, 0.3) is 0 Å². The number of hydrogen-bond donors (Lipinski definition) is 0. The van der Waals surface area contributed by atoms with Crippen molar-refractivity contribution in [1.29, 1.82) is 0 Å². The van der Waals surface area contributed by atoms with Crippen LogP contribution in [0.15, 0.2) is 45.8 Å². The lowest BCUT2D eigenvalue weighted by molar-refractivity contribution is 0.0730. The van der Waals surface area contributed by atoms with E-state index in [1.807, 2.05) is 26.0 Å². The number of carbonyl (C=O) groups is 1. The van der Waals surface area contributed by atoms with Crippen molar-refractivity contribution in [2.45, 2.75) is 13.8 Å². The van der Waals surface area contributed by atoms with Crippen LogP contribution in [0.2, 0.25) is 0 Å². The van der Waals surface area contributed by atoms with E-state index in [1.54, 1.807) is 6.07 Å². The van der Waals surface area contributed by atoms with E-state index in [0.29, 0.717) is 5.75 Å². The lowest BCUT2D eigenvalue weighted by Crippen LogP contribution is -2.10. The van der Waals surface area contributed by atoms with Crippen molar-refractivity contribution in [1.82, 2.24) is 0 Å². The predicted molar refractivity (Wildman–Crippen MR) is 65.9 cm³/mol. The van der Waals surface area contributed by atoms with E-state index >= 15 is 0 Å². The summed E-state index contributed by atoms with van der Waals surface area (Å²) >= 11 is 0. The van der Waals surface area contributed by atoms with Gasteiger partial charge < -0.3 is 9.15 Å². The number of benzene rings is 1. The molecule has 0 bridgehead atoms. The molecule has 0 atom stereocenters. The minimum absolute atomic E-state index is 0.204. The van der Waals surface area contributed by atoms with Crippen LogP contribution >= 0.6 is 0 Å². The van der Waals surface area contributed by atoms with Gasteiger partial charge in [0, 0.05) is 6.07 Å². The summed E-state index contributed by atoms with van der Waals surface area (Å²) in [5, 5.41) is 0. The molecular weight excluding hydrogens is 232 g/mol. The molecule has 2 aromatic rings. The highest BCUT2D eigenvalue weighted by Gasteiger charge is 2.11. The maximum Gasteiger partial charge on any atom is 0.346 e. The molecule has 92 valence electrons. The molecule has 0 radical (unpaired) electrons. The molecule has 0 N–H and O–H groups in total. The molecule has 0 fully saturated rings. The Kier molecular flexibility index (Phi) is 3.28. The number of ether oxygens (including phenoxy) is 1. The minimum Gasteiger partial charge on any atom is -0.430 e. The van der Waals surface area contributed by atoms with Crippen molar-refractivity contribution in [3.05, 3.63) is 63.7 Å². The van der Waals surface area contributed by atoms with Gasteiger partial charge in [-0.2, -0.15) is 0 Å². The van der Waals surface area contributed by atoms with Crippen LogP contribution in [-0.4, -0.2) is 5.97 Å². The maximum absolute atomic E-state index is 11.8. The third kappa shape index (κ3) is 2.66. The smallest absolute Gasteiger partial charge is 0.346 e. The van der Waals surface area contributed by atoms with E-state index in [4.69, 9.17) is 4.74 Å². The molecule has 0 saturated carbocycles. The fourth-order valence-electron chi connectivity index (χ4n) is 1.45. The zero-order chi connectivity index (χ0) is 13.1. The SMILES string of the molecule is Cc1ccc(C)c(OC(=O)c2ccc(=O)oc2)c1. The lowest BCUT2D eigenvalue weighted by Gasteiger charge is -2.07. The monoisotopic (exact) mass is 244 g/mol. The van der Waals surface area contributed by atoms with Gasteiger partial charge in [0.2, 0.25) is 0 Å². The maximum atomic E-state index is 11.8. The van der Waals surface area contributed by atoms with Crippen LogP contribution in [0.4, 0.5) is 0 Å². The highest BCUT2D eigenvalue weighted by Crippen LogP contribution is 2.20. The summed E-state index contributed by atoms with van der Waals surface area (Å²) in [6.07, 6.45) is 1.09. The number of rotatable bonds is 2. The van der Waals surface area contributed by atoms with E-state index in [2.05, 4.69) is 4.42 Å². The summed E-state index contributed by atoms with van der Waals surface area (Å²) < 4.78 is 9.87. The Bertz CT molecular complexity index is 620. The van der Waals surface area contributed by atoms with Gasteiger partial charge in [0.05, 0.1) is 5.56 Å². The summed E-state index contributed by atoms with van der Waals surface area (Å²) in [6.45, 7) is 3.77. The van der Waals surface area contributed by atoms with Crippen molar-refractivity contribution >= 4 is 5.97 Å². The normalized spacial score (nSPS) is 10.1. The average molecular weight is 244 g/mol. The van der Waals surface area contributed by atoms with E-state index < -0.39 is 11.6 Å². The molecule has 0 unspecified atom stereocenters. The summed E-state index contributed by atoms with van der Waals surface area (Å²) in [7, 11) is 0. The number of esters is 1. The Labute approximate surface area is 104 Å². The second-order valence-electron chi connectivity index (χ2n) is 4.00. The van der Waals surface area contributed by atoms with Crippen molar-refractivity contribution < 1.29 is 13.9 Å². The average Bonchev–Trinajstić information content (AvgIpc) is 2.34. The van der Waals surface area contributed by atoms with Gasteiger partial charge in [-0.15, -0.1) is 0 Å². The molecule has 0 aliphatic carbocycles. The third-order valence-corrected chi connectivity index (χ3v) is 2.48. The molecule has 0 aliphatic heterocycles. The fourth-order valence-corrected chi connectivity index (χ4v) is 1.45. The Hall–Kier alpha value is -2.36. The standard InChI is InChI=1S/C14H12O4/c1-9-3-4-10(2)12(7-9)18-14(16)11-5-6-13(15)17-8-11/h3-8H,1-2H3. The predicted octanol–water partition coefficient (Wildman–Crippen LogP) is 2.48. The zero-order valence-electron chi connectivity index (χ0n) is 10.1. The van der Waals surface area contributed by atoms with Crippen LogP contribution in [0.1, 0.15) is 21.5 Å². The Morgan fingerprint density at radius 2 is 1.94 bits per heavy atom. The quantitative estimate of drug-likeness (QED) is 0.601. The molecule has 18 heavy (non-hydrogen) atoms. The Morgan fingerprint density at radius 1 is 1.17 bits per heavy atom. The molecule has 0 spiro atoms. The molecule has 2 rings (SSSR count). The number of hydrogen-bond acceptors (Lipinski definition) is 4. The minimum atomic E-state index is -0.549. The van der Waals surface area contributed by atoms with Crippen molar-refractivity contribution in [2.24, 2.45) is 0 Å². The van der Waals surface area contributed by atoms with Gasteiger partial charge in [-0.05, 0) is 37.1 Å². The molecule has 1 aromatic carbocycles. The summed E-state index contributed by atoms with van der Waals surface area (Å²) in [5.74, 6) is -0.0429. The number of carbonyl (C=O) groups excluding carboxylic acids is 1. The molecule has 0 aliphatic rings. The largest absolute Gasteiger partial charge is 0.430 e. The van der Waals surface area contributed by atoms with E-state index in [-0.39, 0.29) is 5.56 Å². The van der Waals surface area contributed by atoms with E-state index in [9.17, 15) is 9.59 Å². The highest BCUT2D eigenvalue weighted by molar-refractivity contribution is 5.90. The first-order valence-electron chi connectivity index (χ1n) is 5.44. The Morgan fingerprint density at radius 3 is 2.61 bits per heavy atom. The molecule has 0 saturated heterocycles. The fraction of sp³-hybridized carbons (Fsp3) is 0.143. The summed E-state index contributed by atoms with van der Waals surface area (Å²) in [6, 6.07) is 8.16. The van der Waals surface area contributed by atoms with Crippen molar-refractivity contribution in [2.75, 3.05) is 0 Å². The molecule has 1 heterocycles. The topological polar surface area (TPSA) is 56.5 Å². The summed E-state index contributed by atoms with van der Waals surface area (Å²) in [5.41, 5.74) is 1.57. The second-order valence-corrected chi connectivity index (χ2v) is 4.00. The molecule has 4 nitrogen and oxygen atoms in total. The third-order valence-electron chi connectivity index (χ3n) is 2.48. The zero-order valence-corrected chi connectivity index (χ0v) is 10.1. The van der Waals surface area contributed by atoms with Crippen molar-refractivity contribution in [3.8, 4) is 5.75 Å². The van der Waals surface area contributed by atoms with Gasteiger partial charge in [-0.1, -0.05) is 12.1 Å². The first-order chi connectivity index (χ1) is 8.56. The molecular formula is C14H12O4. The van der Waals surface area contributed by atoms with Crippen molar-refractivity contribution in [3.63, 3.8) is 0 Å².